The maximum atomic E-state index is 15.4. The van der Waals surface area contributed by atoms with Crippen LogP contribution >= 0.6 is 11.8 Å². The van der Waals surface area contributed by atoms with E-state index in [4.69, 9.17) is 0 Å². The second kappa shape index (κ2) is 40.9. The van der Waals surface area contributed by atoms with Gasteiger partial charge in [-0.05, 0) is 121 Å². The SMILES string of the molecule is C/C=C/C[C@@H](C)[C@@H](O)[C@H]1C(=O)N[C@@H](CC)C(=O)N(C)[C@H](CSCCCC(CO)CO)C(=O)N(C)[C@@H](CC(C)(C)O)C(=O)N[C@@H](C(C)C)C(=O)N(C)[C@@H](CC(C)C)C(=O)N[C@@H](C)C(=O)N[C@H](C)C(=O)N(C)[C@@H](CC(C)C)C(=O)N(C)[C@@H](CC(C)C)C(=O)N(C)[C@@H](C(C)C)C(=O)N1C. The molecule has 0 aromatic carbocycles. The summed E-state index contributed by atoms with van der Waals surface area (Å²) in [7, 11) is 9.71. The highest BCUT2D eigenvalue weighted by molar-refractivity contribution is 7.99. The largest absolute Gasteiger partial charge is 0.396 e. The van der Waals surface area contributed by atoms with Crippen molar-refractivity contribution in [2.75, 3.05) is 74.1 Å². The number of nitrogens with one attached hydrogen (secondary N) is 4. The number of thioether (sulfide) groups is 1. The van der Waals surface area contributed by atoms with Crippen molar-refractivity contribution >= 4 is 76.7 Å². The Morgan fingerprint density at radius 3 is 1.42 bits per heavy atom. The van der Waals surface area contributed by atoms with E-state index in [1.54, 1.807) is 60.6 Å². The summed E-state index contributed by atoms with van der Waals surface area (Å²) in [5.41, 5.74) is -1.62. The van der Waals surface area contributed by atoms with E-state index in [1.165, 1.54) is 108 Å². The van der Waals surface area contributed by atoms with Gasteiger partial charge in [0.05, 0.1) is 11.7 Å². The molecule has 0 aromatic rings. The number of allylic oxidation sites excluding steroid dienone is 2. The van der Waals surface area contributed by atoms with Crippen molar-refractivity contribution < 1.29 is 73.2 Å². The molecule has 0 aromatic heterocycles. The average molecular weight is 1380 g/mol. The summed E-state index contributed by atoms with van der Waals surface area (Å²) in [6, 6.07) is -14.7. The van der Waals surface area contributed by atoms with Crippen LogP contribution in [-0.2, 0) is 52.7 Å². The van der Waals surface area contributed by atoms with Gasteiger partial charge in [-0.25, -0.2) is 0 Å². The molecule has 0 radical (unpaired) electrons. The van der Waals surface area contributed by atoms with Gasteiger partial charge in [-0.15, -0.1) is 0 Å². The first-order valence-corrected chi connectivity index (χ1v) is 35.5. The molecule has 96 heavy (non-hydrogen) atoms. The molecule has 552 valence electrons. The molecule has 11 amide bonds. The fraction of sp³-hybridized carbons (Fsp3) is 0.812. The van der Waals surface area contributed by atoms with Crippen LogP contribution in [-0.4, -0.2) is 272 Å². The van der Waals surface area contributed by atoms with Crippen molar-refractivity contribution in [2.45, 2.75) is 247 Å². The molecule has 0 unspecified atom stereocenters. The van der Waals surface area contributed by atoms with E-state index >= 15 is 28.8 Å². The molecular weight excluding hydrogens is 1250 g/mol. The van der Waals surface area contributed by atoms with Crippen molar-refractivity contribution in [3.8, 4) is 0 Å². The molecule has 27 heteroatoms. The molecule has 1 aliphatic heterocycles. The zero-order chi connectivity index (χ0) is 74.3. The topological polar surface area (TPSA) is 339 Å². The lowest BCUT2D eigenvalue weighted by Crippen LogP contribution is -2.64. The molecule has 13 atom stereocenters. The van der Waals surface area contributed by atoms with Crippen LogP contribution in [0.1, 0.15) is 169 Å². The first-order chi connectivity index (χ1) is 44.4. The monoisotopic (exact) mass is 1380 g/mol. The van der Waals surface area contributed by atoms with Gasteiger partial charge < -0.3 is 76.0 Å². The minimum absolute atomic E-state index is 0.0655. The Hall–Kier alpha value is -5.90. The van der Waals surface area contributed by atoms with Crippen LogP contribution in [0.4, 0.5) is 0 Å². The minimum atomic E-state index is -1.69. The zero-order valence-electron chi connectivity index (χ0n) is 62.4. The lowest BCUT2D eigenvalue weighted by atomic mass is 9.91. The Morgan fingerprint density at radius 2 is 0.948 bits per heavy atom. The highest BCUT2D eigenvalue weighted by atomic mass is 32.2. The lowest BCUT2D eigenvalue weighted by Gasteiger charge is -2.41. The van der Waals surface area contributed by atoms with Crippen molar-refractivity contribution in [2.24, 2.45) is 41.4 Å². The third kappa shape index (κ3) is 25.8. The van der Waals surface area contributed by atoms with E-state index in [0.29, 0.717) is 18.6 Å². The van der Waals surface area contributed by atoms with Crippen LogP contribution in [0, 0.1) is 41.4 Å². The maximum Gasteiger partial charge on any atom is 0.246 e. The summed E-state index contributed by atoms with van der Waals surface area (Å²) < 4.78 is 0. The number of amides is 11. The summed E-state index contributed by atoms with van der Waals surface area (Å²) in [6.07, 6.45) is 3.09. The molecule has 1 aliphatic rings. The van der Waals surface area contributed by atoms with E-state index < -0.39 is 167 Å². The van der Waals surface area contributed by atoms with Crippen LogP contribution < -0.4 is 21.3 Å². The molecular formula is C69H125N11O15S. The van der Waals surface area contributed by atoms with Gasteiger partial charge in [-0.2, -0.15) is 11.8 Å². The number of rotatable bonds is 23. The second-order valence-electron chi connectivity index (χ2n) is 29.1. The van der Waals surface area contributed by atoms with E-state index in [9.17, 15) is 44.4 Å². The molecule has 0 aliphatic carbocycles. The van der Waals surface area contributed by atoms with E-state index in [2.05, 4.69) is 21.3 Å². The smallest absolute Gasteiger partial charge is 0.246 e. The Labute approximate surface area is 577 Å². The summed E-state index contributed by atoms with van der Waals surface area (Å²) in [6.45, 7) is 28.2. The number of aliphatic hydroxyl groups excluding tert-OH is 3. The predicted octanol–water partition coefficient (Wildman–Crippen LogP) is 2.87. The molecule has 8 N–H and O–H groups in total. The first kappa shape index (κ1) is 88.1. The fourth-order valence-corrected chi connectivity index (χ4v) is 13.0. The van der Waals surface area contributed by atoms with Crippen molar-refractivity contribution in [1.29, 1.82) is 0 Å². The average Bonchev–Trinajstić information content (AvgIpc) is 0.829. The number of nitrogens with zero attached hydrogens (tertiary/aromatic N) is 7. The van der Waals surface area contributed by atoms with E-state index in [1.807, 2.05) is 41.5 Å². The quantitative estimate of drug-likeness (QED) is 0.0539. The molecule has 1 fully saturated rings. The van der Waals surface area contributed by atoms with E-state index in [-0.39, 0.29) is 75.2 Å². The zero-order valence-corrected chi connectivity index (χ0v) is 63.2. The van der Waals surface area contributed by atoms with Crippen LogP contribution in [0.3, 0.4) is 0 Å². The molecule has 0 bridgehead atoms. The van der Waals surface area contributed by atoms with E-state index in [0.717, 1.165) is 14.7 Å². The standard InChI is InChI=1S/C69H125N11O15S/c1-25-27-29-44(13)57(83)56-61(87)72-48(26-2)63(89)78(22)53(38-96-31-28-30-47(36-81)37-82)66(92)77(21)52(35-69(16,17)95)60(86)73-54(42(9)10)67(93)74(18)49(32-39(3)4)59(85)70-45(14)58(84)71-46(15)62(88)75(19)50(33-40(5)6)64(90)76(20)51(34-41(7)8)65(91)79(23)55(43(11)12)68(94)80(56)24/h25,27,39-57,81-83,95H,26,28-38H2,1-24H3,(H,70,85)(H,71,84)(H,72,87)(H,73,86)/b27-25+/t44-,45+,46-,48+,49+,50+,51+,52+,53-,54+,55+,56+,57-/m1/s1. The van der Waals surface area contributed by atoms with Crippen molar-refractivity contribution in [3.63, 3.8) is 0 Å². The van der Waals surface area contributed by atoms with Crippen LogP contribution in [0.25, 0.3) is 0 Å². The number of hydrogen-bond acceptors (Lipinski definition) is 16. The van der Waals surface area contributed by atoms with Gasteiger partial charge in [0.2, 0.25) is 65.0 Å². The number of carbonyl (C=O) groups excluding carboxylic acids is 11. The van der Waals surface area contributed by atoms with Crippen LogP contribution in [0.2, 0.25) is 0 Å². The molecule has 26 nitrogen and oxygen atoms in total. The molecule has 1 heterocycles. The van der Waals surface area contributed by atoms with Gasteiger partial charge in [0, 0.05) is 80.6 Å². The second-order valence-corrected chi connectivity index (χ2v) is 30.3. The van der Waals surface area contributed by atoms with Gasteiger partial charge in [-0.1, -0.05) is 95.2 Å². The van der Waals surface area contributed by atoms with Gasteiger partial charge in [0.1, 0.15) is 66.5 Å². The summed E-state index contributed by atoms with van der Waals surface area (Å²) in [5, 5.41) is 54.2. The number of likely N-dealkylation sites (N-methyl/N-ethyl adjacent to an activating group) is 7. The first-order valence-electron chi connectivity index (χ1n) is 34.3. The number of carbonyl (C=O) groups is 11. The van der Waals surface area contributed by atoms with Crippen LogP contribution in [0.5, 0.6) is 0 Å². The number of aliphatic hydroxyl groups is 4. The minimum Gasteiger partial charge on any atom is -0.396 e. The van der Waals surface area contributed by atoms with Gasteiger partial charge >= 0.3 is 0 Å². The van der Waals surface area contributed by atoms with Crippen LogP contribution in [0.15, 0.2) is 12.2 Å². The highest BCUT2D eigenvalue weighted by Crippen LogP contribution is 2.27. The predicted molar refractivity (Wildman–Crippen MR) is 373 cm³/mol. The Bertz CT molecular complexity index is 2600. The third-order valence-electron chi connectivity index (χ3n) is 18.1. The maximum absolute atomic E-state index is 15.4. The van der Waals surface area contributed by atoms with Crippen molar-refractivity contribution in [3.05, 3.63) is 12.2 Å². The Balaban J connectivity index is 4.58. The molecule has 0 spiro atoms. The summed E-state index contributed by atoms with van der Waals surface area (Å²) in [5.74, 6) is -10.8. The lowest BCUT2D eigenvalue weighted by molar-refractivity contribution is -0.157. The summed E-state index contributed by atoms with van der Waals surface area (Å²) >= 11 is 1.28. The normalized spacial score (nSPS) is 26.2. The van der Waals surface area contributed by atoms with Crippen molar-refractivity contribution in [1.82, 2.24) is 55.6 Å². The Kier molecular flexibility index (Phi) is 37.5. The molecule has 1 rings (SSSR count). The fourth-order valence-electron chi connectivity index (χ4n) is 11.9. The molecule has 0 saturated carbocycles. The summed E-state index contributed by atoms with van der Waals surface area (Å²) in [4.78, 5) is 172. The van der Waals surface area contributed by atoms with Gasteiger partial charge in [0.15, 0.2) is 0 Å². The molecule has 1 saturated heterocycles. The highest BCUT2D eigenvalue weighted by Gasteiger charge is 2.47. The van der Waals surface area contributed by atoms with Gasteiger partial charge in [-0.3, -0.25) is 52.7 Å². The third-order valence-corrected chi connectivity index (χ3v) is 19.2. The van der Waals surface area contributed by atoms with Gasteiger partial charge in [0.25, 0.3) is 0 Å². The number of hydrogen-bond donors (Lipinski definition) is 8. The Morgan fingerprint density at radius 1 is 0.510 bits per heavy atom.